The molecule has 0 aliphatic carbocycles. The zero-order chi connectivity index (χ0) is 12.5. The van der Waals surface area contributed by atoms with Crippen molar-refractivity contribution < 1.29 is 8.78 Å². The lowest BCUT2D eigenvalue weighted by Crippen LogP contribution is -2.30. The molecule has 1 aromatic carbocycles. The van der Waals surface area contributed by atoms with Crippen LogP contribution in [-0.4, -0.2) is 18.5 Å². The quantitative estimate of drug-likeness (QED) is 0.835. The van der Waals surface area contributed by atoms with Crippen LogP contribution in [0.2, 0.25) is 0 Å². The zero-order valence-corrected chi connectivity index (χ0v) is 10.6. The van der Waals surface area contributed by atoms with Crippen LogP contribution in [0.3, 0.4) is 0 Å². The lowest BCUT2D eigenvalue weighted by molar-refractivity contribution is 0.0225. The molecule has 0 radical (unpaired) electrons. The Kier molecular flexibility index (Phi) is 3.34. The summed E-state index contributed by atoms with van der Waals surface area (Å²) in [4.78, 5) is 1.62. The molecule has 0 aromatic heterocycles. The monoisotopic (exact) mass is 300 g/mol. The highest BCUT2D eigenvalue weighted by Gasteiger charge is 2.44. The topological polar surface area (TPSA) is 27.0 Å². The van der Waals surface area contributed by atoms with Crippen LogP contribution in [0, 0.1) is 11.3 Å². The van der Waals surface area contributed by atoms with Gasteiger partial charge in [0.25, 0.3) is 5.92 Å². The summed E-state index contributed by atoms with van der Waals surface area (Å²) in [5.41, 5.74) is 0.741. The minimum Gasteiger partial charge on any atom is -0.361 e. The van der Waals surface area contributed by atoms with Crippen LogP contribution < -0.4 is 4.90 Å². The van der Waals surface area contributed by atoms with Crippen LogP contribution in [0.4, 0.5) is 14.5 Å². The summed E-state index contributed by atoms with van der Waals surface area (Å²) in [6.45, 7) is -0.305. The van der Waals surface area contributed by atoms with Gasteiger partial charge in [0, 0.05) is 22.6 Å². The highest BCUT2D eigenvalue weighted by Crippen LogP contribution is 2.36. The Morgan fingerprint density at radius 3 is 2.65 bits per heavy atom. The molecule has 2 nitrogen and oxygen atoms in total. The second kappa shape index (κ2) is 4.61. The molecular weight excluding hydrogens is 290 g/mol. The van der Waals surface area contributed by atoms with Crippen molar-refractivity contribution in [2.75, 3.05) is 11.4 Å². The van der Waals surface area contributed by atoms with E-state index in [-0.39, 0.29) is 19.4 Å². The fourth-order valence-corrected chi connectivity index (χ4v) is 2.38. The van der Waals surface area contributed by atoms with Gasteiger partial charge in [-0.2, -0.15) is 5.26 Å². The lowest BCUT2D eigenvalue weighted by atomic mass is 10.1. The van der Waals surface area contributed by atoms with Crippen molar-refractivity contribution in [2.24, 2.45) is 0 Å². The van der Waals surface area contributed by atoms with E-state index in [9.17, 15) is 8.78 Å². The third-order valence-electron chi connectivity index (χ3n) is 2.86. The van der Waals surface area contributed by atoms with Crippen LogP contribution in [0.1, 0.15) is 12.8 Å². The van der Waals surface area contributed by atoms with E-state index in [1.54, 1.807) is 17.0 Å². The molecule has 2 rings (SSSR count). The van der Waals surface area contributed by atoms with Crippen molar-refractivity contribution >= 4 is 21.6 Å². The van der Waals surface area contributed by atoms with Crippen molar-refractivity contribution in [3.8, 4) is 6.07 Å². The maximum absolute atomic E-state index is 13.4. The molecular formula is C12H11BrF2N2. The largest absolute Gasteiger partial charge is 0.361 e. The molecule has 0 amide bonds. The van der Waals surface area contributed by atoms with Crippen LogP contribution in [0.5, 0.6) is 0 Å². The Bertz CT molecular complexity index is 439. The Labute approximate surface area is 107 Å². The van der Waals surface area contributed by atoms with E-state index >= 15 is 0 Å². The number of anilines is 1. The number of hydrogen-bond acceptors (Lipinski definition) is 2. The molecule has 0 bridgehead atoms. The van der Waals surface area contributed by atoms with Crippen molar-refractivity contribution in [3.63, 3.8) is 0 Å². The van der Waals surface area contributed by atoms with Gasteiger partial charge in [0.15, 0.2) is 0 Å². The van der Waals surface area contributed by atoms with Gasteiger partial charge in [-0.05, 0) is 24.3 Å². The fraction of sp³-hybridized carbons (Fsp3) is 0.417. The maximum atomic E-state index is 13.4. The second-order valence-electron chi connectivity index (χ2n) is 4.18. The Morgan fingerprint density at radius 2 is 2.06 bits per heavy atom. The number of nitriles is 1. The molecule has 0 unspecified atom stereocenters. The summed E-state index contributed by atoms with van der Waals surface area (Å²) in [6, 6.07) is 8.79. The number of hydrogen-bond donors (Lipinski definition) is 0. The standard InChI is InChI=1S/C12H11BrF2N2/c13-9-1-3-10(4-2-9)17-8-12(14,15)7-11(17)5-6-16/h1-4,11H,5,7-8H2/t11-/m1/s1. The molecule has 0 spiro atoms. The number of nitrogens with zero attached hydrogens (tertiary/aromatic N) is 2. The van der Waals surface area contributed by atoms with Gasteiger partial charge >= 0.3 is 0 Å². The van der Waals surface area contributed by atoms with Crippen LogP contribution in [0.25, 0.3) is 0 Å². The molecule has 1 aromatic rings. The third kappa shape index (κ3) is 2.75. The van der Waals surface area contributed by atoms with Crippen LogP contribution >= 0.6 is 15.9 Å². The molecule has 1 saturated heterocycles. The van der Waals surface area contributed by atoms with Gasteiger partial charge in [-0.3, -0.25) is 0 Å². The molecule has 0 N–H and O–H groups in total. The predicted molar refractivity (Wildman–Crippen MR) is 65.1 cm³/mol. The Balaban J connectivity index is 2.24. The summed E-state index contributed by atoms with van der Waals surface area (Å²) < 4.78 is 27.7. The minimum atomic E-state index is -2.70. The zero-order valence-electron chi connectivity index (χ0n) is 9.04. The van der Waals surface area contributed by atoms with Crippen molar-refractivity contribution in [1.29, 1.82) is 5.26 Å². The smallest absolute Gasteiger partial charge is 0.267 e. The van der Waals surface area contributed by atoms with Gasteiger partial charge < -0.3 is 4.90 Å². The number of rotatable bonds is 2. The first-order valence-corrected chi connectivity index (χ1v) is 6.08. The van der Waals surface area contributed by atoms with E-state index in [4.69, 9.17) is 5.26 Å². The van der Waals surface area contributed by atoms with E-state index in [0.717, 1.165) is 10.2 Å². The molecule has 0 saturated carbocycles. The maximum Gasteiger partial charge on any atom is 0.267 e. The second-order valence-corrected chi connectivity index (χ2v) is 5.10. The van der Waals surface area contributed by atoms with E-state index < -0.39 is 12.0 Å². The highest BCUT2D eigenvalue weighted by atomic mass is 79.9. The molecule has 5 heteroatoms. The van der Waals surface area contributed by atoms with Crippen molar-refractivity contribution in [2.45, 2.75) is 24.8 Å². The Hall–Kier alpha value is -1.15. The van der Waals surface area contributed by atoms with Crippen LogP contribution in [-0.2, 0) is 0 Å². The molecule has 1 atom stereocenters. The number of benzene rings is 1. The van der Waals surface area contributed by atoms with E-state index in [1.807, 2.05) is 18.2 Å². The normalized spacial score (nSPS) is 22.5. The first-order chi connectivity index (χ1) is 8.02. The van der Waals surface area contributed by atoms with Gasteiger partial charge in [-0.25, -0.2) is 8.78 Å². The third-order valence-corrected chi connectivity index (χ3v) is 3.39. The number of alkyl halides is 2. The van der Waals surface area contributed by atoms with Crippen molar-refractivity contribution in [3.05, 3.63) is 28.7 Å². The van der Waals surface area contributed by atoms with Gasteiger partial charge in [-0.15, -0.1) is 0 Å². The SMILES string of the molecule is N#CC[C@@H]1CC(F)(F)CN1c1ccc(Br)cc1. The molecule has 90 valence electrons. The Morgan fingerprint density at radius 1 is 1.41 bits per heavy atom. The average molecular weight is 301 g/mol. The van der Waals surface area contributed by atoms with Crippen LogP contribution in [0.15, 0.2) is 28.7 Å². The summed E-state index contributed by atoms with van der Waals surface area (Å²) in [5, 5.41) is 8.68. The molecule has 17 heavy (non-hydrogen) atoms. The predicted octanol–water partition coefficient (Wildman–Crippen LogP) is 3.58. The molecule has 1 fully saturated rings. The molecule has 1 aliphatic rings. The average Bonchev–Trinajstić information content (AvgIpc) is 2.56. The summed E-state index contributed by atoms with van der Waals surface area (Å²) in [7, 11) is 0. The molecule has 1 heterocycles. The fourth-order valence-electron chi connectivity index (χ4n) is 2.12. The van der Waals surface area contributed by atoms with E-state index in [1.165, 1.54) is 0 Å². The first kappa shape index (κ1) is 12.3. The first-order valence-electron chi connectivity index (χ1n) is 5.29. The summed E-state index contributed by atoms with van der Waals surface area (Å²) in [6.07, 6.45) is -0.109. The van der Waals surface area contributed by atoms with E-state index in [2.05, 4.69) is 15.9 Å². The van der Waals surface area contributed by atoms with Gasteiger partial charge in [-0.1, -0.05) is 15.9 Å². The lowest BCUT2D eigenvalue weighted by Gasteiger charge is -2.24. The van der Waals surface area contributed by atoms with Gasteiger partial charge in [0.05, 0.1) is 19.0 Å². The van der Waals surface area contributed by atoms with Gasteiger partial charge in [0.1, 0.15) is 0 Å². The summed E-state index contributed by atoms with van der Waals surface area (Å²) in [5.74, 6) is -2.70. The van der Waals surface area contributed by atoms with Gasteiger partial charge in [0.2, 0.25) is 0 Å². The van der Waals surface area contributed by atoms with Crippen molar-refractivity contribution in [1.82, 2.24) is 0 Å². The van der Waals surface area contributed by atoms with E-state index in [0.29, 0.717) is 0 Å². The highest BCUT2D eigenvalue weighted by molar-refractivity contribution is 9.10. The number of halogens is 3. The summed E-state index contributed by atoms with van der Waals surface area (Å²) >= 11 is 3.30. The molecule has 1 aliphatic heterocycles. The minimum absolute atomic E-state index is 0.131.